The number of carboxylic acid groups (broad SMARTS) is 1. The zero-order valence-electron chi connectivity index (χ0n) is 12.8. The number of rotatable bonds is 2. The molecule has 1 aromatic carbocycles. The Labute approximate surface area is 131 Å². The third-order valence-corrected chi connectivity index (χ3v) is 5.52. The Morgan fingerprint density at radius 2 is 2.00 bits per heavy atom. The van der Waals surface area contributed by atoms with E-state index in [2.05, 4.69) is 18.9 Å². The van der Waals surface area contributed by atoms with Gasteiger partial charge in [-0.25, -0.2) is 18.3 Å². The van der Waals surface area contributed by atoms with Crippen LogP contribution in [0.1, 0.15) is 60.3 Å². The molecule has 4 rings (SSSR count). The Morgan fingerprint density at radius 1 is 1.30 bits per heavy atom. The maximum Gasteiger partial charge on any atom is 0.356 e. The van der Waals surface area contributed by atoms with Crippen molar-refractivity contribution in [1.82, 2.24) is 9.78 Å². The van der Waals surface area contributed by atoms with Crippen molar-refractivity contribution in [2.45, 2.75) is 38.5 Å². The van der Waals surface area contributed by atoms with Crippen LogP contribution in [0.3, 0.4) is 0 Å². The molecule has 0 aliphatic heterocycles. The highest BCUT2D eigenvalue weighted by molar-refractivity contribution is 5.88. The standard InChI is InChI=1S/C17H16F2N2O2/c1-17(2)9-4-5-10(17)15-13(9)14(16(22)23)20-21(15)12-6-3-8(18)7-11(12)19/h3,6-7,9-10H,4-5H2,1-2H3,(H,22,23)/t9?,10-/m1/s1. The van der Waals surface area contributed by atoms with Crippen LogP contribution < -0.4 is 0 Å². The van der Waals surface area contributed by atoms with Crippen molar-refractivity contribution in [3.63, 3.8) is 0 Å². The van der Waals surface area contributed by atoms with Gasteiger partial charge in [0.25, 0.3) is 0 Å². The third kappa shape index (κ3) is 1.75. The van der Waals surface area contributed by atoms with E-state index in [-0.39, 0.29) is 28.6 Å². The Hall–Kier alpha value is -2.24. The zero-order valence-corrected chi connectivity index (χ0v) is 12.8. The molecule has 4 nitrogen and oxygen atoms in total. The number of aromatic carboxylic acids is 1. The molecular weight excluding hydrogens is 302 g/mol. The molecule has 0 spiro atoms. The summed E-state index contributed by atoms with van der Waals surface area (Å²) in [5, 5.41) is 13.6. The molecule has 2 aliphatic rings. The van der Waals surface area contributed by atoms with Gasteiger partial charge in [-0.05, 0) is 36.3 Å². The minimum Gasteiger partial charge on any atom is -0.476 e. The lowest BCUT2D eigenvalue weighted by Crippen LogP contribution is -2.18. The van der Waals surface area contributed by atoms with E-state index in [0.29, 0.717) is 0 Å². The Bertz CT molecular complexity index is 841. The first-order valence-electron chi connectivity index (χ1n) is 7.64. The third-order valence-electron chi connectivity index (χ3n) is 5.52. The van der Waals surface area contributed by atoms with Gasteiger partial charge in [0.15, 0.2) is 11.5 Å². The minimum absolute atomic E-state index is 0.0102. The molecule has 2 bridgehead atoms. The van der Waals surface area contributed by atoms with Crippen molar-refractivity contribution in [1.29, 1.82) is 0 Å². The monoisotopic (exact) mass is 318 g/mol. The van der Waals surface area contributed by atoms with Crippen LogP contribution in [0.5, 0.6) is 0 Å². The molecule has 1 aromatic heterocycles. The van der Waals surface area contributed by atoms with E-state index < -0.39 is 17.6 Å². The summed E-state index contributed by atoms with van der Waals surface area (Å²) in [6.45, 7) is 4.23. The van der Waals surface area contributed by atoms with Gasteiger partial charge in [0.2, 0.25) is 0 Å². The number of carbonyl (C=O) groups is 1. The average molecular weight is 318 g/mol. The van der Waals surface area contributed by atoms with Gasteiger partial charge < -0.3 is 5.11 Å². The fraction of sp³-hybridized carbons (Fsp3) is 0.412. The lowest BCUT2D eigenvalue weighted by Gasteiger charge is -2.25. The number of halogens is 2. The van der Waals surface area contributed by atoms with Crippen LogP contribution >= 0.6 is 0 Å². The molecule has 1 heterocycles. The van der Waals surface area contributed by atoms with E-state index in [1.807, 2.05) is 0 Å². The van der Waals surface area contributed by atoms with Gasteiger partial charge in [-0.15, -0.1) is 0 Å². The Balaban J connectivity index is 2.00. The highest BCUT2D eigenvalue weighted by atomic mass is 19.1. The number of hydrogen-bond acceptors (Lipinski definition) is 2. The first-order valence-corrected chi connectivity index (χ1v) is 7.64. The molecule has 120 valence electrons. The number of hydrogen-bond donors (Lipinski definition) is 1. The summed E-state index contributed by atoms with van der Waals surface area (Å²) in [6.07, 6.45) is 1.85. The second kappa shape index (κ2) is 4.40. The van der Waals surface area contributed by atoms with Gasteiger partial charge in [-0.1, -0.05) is 13.8 Å². The van der Waals surface area contributed by atoms with Crippen molar-refractivity contribution < 1.29 is 18.7 Å². The van der Waals surface area contributed by atoms with E-state index in [4.69, 9.17) is 0 Å². The van der Waals surface area contributed by atoms with E-state index in [9.17, 15) is 18.7 Å². The van der Waals surface area contributed by atoms with E-state index in [1.165, 1.54) is 10.7 Å². The van der Waals surface area contributed by atoms with Gasteiger partial charge >= 0.3 is 5.97 Å². The molecule has 1 fully saturated rings. The molecule has 2 atom stereocenters. The lowest BCUT2D eigenvalue weighted by molar-refractivity contribution is 0.0687. The van der Waals surface area contributed by atoms with E-state index >= 15 is 0 Å². The second-order valence-electron chi connectivity index (χ2n) is 6.96. The predicted octanol–water partition coefficient (Wildman–Crippen LogP) is 3.85. The highest BCUT2D eigenvalue weighted by Gasteiger charge is 2.56. The van der Waals surface area contributed by atoms with E-state index in [1.54, 1.807) is 0 Å². The highest BCUT2D eigenvalue weighted by Crippen LogP contribution is 2.65. The van der Waals surface area contributed by atoms with Gasteiger partial charge in [-0.2, -0.15) is 5.10 Å². The molecule has 0 amide bonds. The molecule has 2 aliphatic carbocycles. The number of carboxylic acids is 1. The van der Waals surface area contributed by atoms with Gasteiger partial charge in [0, 0.05) is 17.5 Å². The molecule has 0 saturated heterocycles. The first kappa shape index (κ1) is 14.4. The van der Waals surface area contributed by atoms with Gasteiger partial charge in [0.05, 0.1) is 5.69 Å². The first-order chi connectivity index (χ1) is 10.8. The van der Waals surface area contributed by atoms with Crippen molar-refractivity contribution in [3.05, 3.63) is 46.8 Å². The molecule has 6 heteroatoms. The minimum atomic E-state index is -1.11. The van der Waals surface area contributed by atoms with Gasteiger partial charge in [0.1, 0.15) is 11.5 Å². The normalized spacial score (nSPS) is 24.0. The predicted molar refractivity (Wildman–Crippen MR) is 78.9 cm³/mol. The molecule has 1 unspecified atom stereocenters. The van der Waals surface area contributed by atoms with Crippen molar-refractivity contribution in [2.75, 3.05) is 0 Å². The topological polar surface area (TPSA) is 55.1 Å². The van der Waals surface area contributed by atoms with Crippen LogP contribution in [0.2, 0.25) is 0 Å². The summed E-state index contributed by atoms with van der Waals surface area (Å²) in [4.78, 5) is 11.6. The fourth-order valence-corrected chi connectivity index (χ4v) is 4.44. The summed E-state index contributed by atoms with van der Waals surface area (Å²) < 4.78 is 28.8. The van der Waals surface area contributed by atoms with Crippen LogP contribution in [-0.2, 0) is 0 Å². The quantitative estimate of drug-likeness (QED) is 0.915. The maximum atomic E-state index is 14.2. The Morgan fingerprint density at radius 3 is 2.65 bits per heavy atom. The molecule has 0 radical (unpaired) electrons. The summed E-state index contributed by atoms with van der Waals surface area (Å²) in [7, 11) is 0. The van der Waals surface area contributed by atoms with Crippen LogP contribution in [0.25, 0.3) is 5.69 Å². The summed E-state index contributed by atoms with van der Waals surface area (Å²) in [5.41, 5.74) is 1.51. The smallest absolute Gasteiger partial charge is 0.356 e. The largest absolute Gasteiger partial charge is 0.476 e. The SMILES string of the molecule is CC1(C)C2CC[C@@H]1c1c2c(C(=O)O)nn1-c1ccc(F)cc1F. The number of fused-ring (bicyclic) bond motifs is 5. The molecule has 1 saturated carbocycles. The van der Waals surface area contributed by atoms with Crippen LogP contribution in [0.15, 0.2) is 18.2 Å². The fourth-order valence-electron chi connectivity index (χ4n) is 4.44. The summed E-state index contributed by atoms with van der Waals surface area (Å²) >= 11 is 0. The number of benzene rings is 1. The van der Waals surface area contributed by atoms with Crippen LogP contribution in [-0.4, -0.2) is 20.9 Å². The maximum absolute atomic E-state index is 14.2. The zero-order chi connectivity index (χ0) is 16.5. The summed E-state index contributed by atoms with van der Waals surface area (Å²) in [5.74, 6) is -2.27. The summed E-state index contributed by atoms with van der Waals surface area (Å²) in [6, 6.07) is 3.26. The van der Waals surface area contributed by atoms with Crippen LogP contribution in [0, 0.1) is 17.0 Å². The number of nitrogens with zero attached hydrogens (tertiary/aromatic N) is 2. The molecule has 1 N–H and O–H groups in total. The van der Waals surface area contributed by atoms with E-state index in [0.717, 1.165) is 36.2 Å². The molecular formula is C17H16F2N2O2. The number of aromatic nitrogens is 2. The lowest BCUT2D eigenvalue weighted by atomic mass is 9.80. The Kier molecular flexibility index (Phi) is 2.75. The average Bonchev–Trinajstić information content (AvgIpc) is 3.05. The molecule has 2 aromatic rings. The van der Waals surface area contributed by atoms with Crippen molar-refractivity contribution in [2.24, 2.45) is 5.41 Å². The molecule has 23 heavy (non-hydrogen) atoms. The van der Waals surface area contributed by atoms with Crippen molar-refractivity contribution in [3.8, 4) is 5.69 Å². The van der Waals surface area contributed by atoms with Crippen LogP contribution in [0.4, 0.5) is 8.78 Å². The van der Waals surface area contributed by atoms with Gasteiger partial charge in [-0.3, -0.25) is 0 Å². The second-order valence-corrected chi connectivity index (χ2v) is 6.96. The van der Waals surface area contributed by atoms with Crippen molar-refractivity contribution >= 4 is 5.97 Å².